The number of nitriles is 1. The van der Waals surface area contributed by atoms with Gasteiger partial charge in [-0.25, -0.2) is 0 Å². The zero-order valence-electron chi connectivity index (χ0n) is 12.9. The summed E-state index contributed by atoms with van der Waals surface area (Å²) in [5, 5.41) is 9.46. The fraction of sp³-hybridized carbons (Fsp3) is 0.263. The lowest BCUT2D eigenvalue weighted by Crippen LogP contribution is -2.13. The Morgan fingerprint density at radius 3 is 2.33 bits per heavy atom. The summed E-state index contributed by atoms with van der Waals surface area (Å²) in [6.07, 6.45) is 0. The highest BCUT2D eigenvalue weighted by atomic mass is 16.1. The van der Waals surface area contributed by atoms with Gasteiger partial charge in [0.25, 0.3) is 0 Å². The van der Waals surface area contributed by atoms with Gasteiger partial charge in [0.2, 0.25) is 0 Å². The number of aryl methyl sites for hydroxylation is 3. The average molecular weight is 277 g/mol. The molecule has 0 bridgehead atoms. The average Bonchev–Trinajstić information content (AvgIpc) is 2.46. The smallest absolute Gasteiger partial charge is 0.184 e. The van der Waals surface area contributed by atoms with Crippen LogP contribution in [0.2, 0.25) is 0 Å². The molecule has 21 heavy (non-hydrogen) atoms. The Labute approximate surface area is 126 Å². The molecule has 0 fully saturated rings. The third-order valence-electron chi connectivity index (χ3n) is 4.13. The summed E-state index contributed by atoms with van der Waals surface area (Å²) in [7, 11) is 0. The largest absolute Gasteiger partial charge is 0.292 e. The monoisotopic (exact) mass is 277 g/mol. The molecule has 1 unspecified atom stereocenters. The first kappa shape index (κ1) is 15.0. The van der Waals surface area contributed by atoms with Crippen LogP contribution in [0.4, 0.5) is 0 Å². The van der Waals surface area contributed by atoms with E-state index in [1.807, 2.05) is 58.0 Å². The van der Waals surface area contributed by atoms with Crippen LogP contribution < -0.4 is 0 Å². The molecule has 106 valence electrons. The van der Waals surface area contributed by atoms with Crippen LogP contribution in [0.5, 0.6) is 0 Å². The molecule has 2 aromatic carbocycles. The first-order valence-corrected chi connectivity index (χ1v) is 7.03. The summed E-state index contributed by atoms with van der Waals surface area (Å²) in [5.41, 5.74) is 5.69. The van der Waals surface area contributed by atoms with Gasteiger partial charge in [-0.2, -0.15) is 5.26 Å². The summed E-state index contributed by atoms with van der Waals surface area (Å²) in [6.45, 7) is 7.92. The number of carbonyl (C=O) groups is 1. The first-order valence-electron chi connectivity index (χ1n) is 7.03. The first-order chi connectivity index (χ1) is 9.95. The quantitative estimate of drug-likeness (QED) is 0.780. The predicted octanol–water partition coefficient (Wildman–Crippen LogP) is 4.41. The second-order valence-electron chi connectivity index (χ2n) is 5.52. The lowest BCUT2D eigenvalue weighted by Gasteiger charge is -2.13. The fourth-order valence-corrected chi connectivity index (χ4v) is 2.40. The van der Waals surface area contributed by atoms with Gasteiger partial charge in [-0.05, 0) is 55.5 Å². The summed E-state index contributed by atoms with van der Waals surface area (Å²) < 4.78 is 0. The molecule has 0 radical (unpaired) electrons. The highest BCUT2D eigenvalue weighted by molar-refractivity contribution is 6.04. The highest BCUT2D eigenvalue weighted by Crippen LogP contribution is 2.25. The van der Waals surface area contributed by atoms with Gasteiger partial charge >= 0.3 is 0 Å². The number of benzene rings is 2. The predicted molar refractivity (Wildman–Crippen MR) is 84.5 cm³/mol. The number of Topliss-reactive ketones (excluding diaryl/α,β-unsaturated/α-hetero) is 1. The molecular weight excluding hydrogens is 258 g/mol. The van der Waals surface area contributed by atoms with Crippen molar-refractivity contribution in [3.8, 4) is 6.07 Å². The maximum Gasteiger partial charge on any atom is 0.184 e. The Balaban J connectivity index is 2.46. The Kier molecular flexibility index (Phi) is 4.23. The summed E-state index contributed by atoms with van der Waals surface area (Å²) in [4.78, 5) is 12.7. The van der Waals surface area contributed by atoms with Crippen LogP contribution in [0, 0.1) is 39.0 Å². The number of ketones is 1. The number of hydrogen-bond donors (Lipinski definition) is 0. The van der Waals surface area contributed by atoms with Crippen molar-refractivity contribution >= 4 is 5.78 Å². The minimum absolute atomic E-state index is 0.123. The van der Waals surface area contributed by atoms with Crippen LogP contribution in [-0.2, 0) is 0 Å². The van der Waals surface area contributed by atoms with Crippen LogP contribution in [0.1, 0.15) is 44.1 Å². The van der Waals surface area contributed by atoms with E-state index in [1.165, 1.54) is 0 Å². The second-order valence-corrected chi connectivity index (χ2v) is 5.52. The summed E-state index contributed by atoms with van der Waals surface area (Å²) in [5.74, 6) is -0.869. The summed E-state index contributed by atoms with van der Waals surface area (Å²) in [6, 6.07) is 13.6. The lowest BCUT2D eigenvalue weighted by molar-refractivity contribution is 0.0978. The van der Waals surface area contributed by atoms with Gasteiger partial charge in [0.05, 0.1) is 6.07 Å². The van der Waals surface area contributed by atoms with Gasteiger partial charge in [-0.1, -0.05) is 36.4 Å². The zero-order chi connectivity index (χ0) is 15.6. The van der Waals surface area contributed by atoms with Crippen molar-refractivity contribution in [2.24, 2.45) is 0 Å². The van der Waals surface area contributed by atoms with E-state index in [1.54, 1.807) is 6.07 Å². The molecule has 0 amide bonds. The van der Waals surface area contributed by atoms with Crippen molar-refractivity contribution in [2.45, 2.75) is 33.6 Å². The Hall–Kier alpha value is -2.40. The molecule has 2 heteroatoms. The normalized spacial score (nSPS) is 11.8. The van der Waals surface area contributed by atoms with E-state index in [9.17, 15) is 10.1 Å². The Morgan fingerprint density at radius 1 is 1.00 bits per heavy atom. The van der Waals surface area contributed by atoms with Crippen molar-refractivity contribution in [2.75, 3.05) is 0 Å². The van der Waals surface area contributed by atoms with Gasteiger partial charge in [-0.3, -0.25) is 4.79 Å². The van der Waals surface area contributed by atoms with Crippen LogP contribution in [0.3, 0.4) is 0 Å². The molecule has 0 aliphatic heterocycles. The van der Waals surface area contributed by atoms with Crippen LogP contribution in [-0.4, -0.2) is 5.78 Å². The van der Waals surface area contributed by atoms with Crippen molar-refractivity contribution in [1.82, 2.24) is 0 Å². The van der Waals surface area contributed by atoms with E-state index in [-0.39, 0.29) is 5.78 Å². The standard InChI is InChI=1S/C19H19NO/c1-12-8-9-16(10-14(12)3)18(11-20)19(21)17-7-5-6-13(2)15(17)4/h5-10,18H,1-4H3. The summed E-state index contributed by atoms with van der Waals surface area (Å²) >= 11 is 0. The molecule has 2 nitrogen and oxygen atoms in total. The maximum atomic E-state index is 12.7. The Bertz CT molecular complexity index is 738. The topological polar surface area (TPSA) is 40.9 Å². The van der Waals surface area contributed by atoms with Crippen LogP contribution >= 0.6 is 0 Å². The molecule has 0 saturated carbocycles. The zero-order valence-corrected chi connectivity index (χ0v) is 12.9. The lowest BCUT2D eigenvalue weighted by atomic mass is 9.87. The second kappa shape index (κ2) is 5.93. The molecule has 2 aromatic rings. The fourth-order valence-electron chi connectivity index (χ4n) is 2.40. The van der Waals surface area contributed by atoms with E-state index in [0.29, 0.717) is 5.56 Å². The maximum absolute atomic E-state index is 12.7. The van der Waals surface area contributed by atoms with Gasteiger partial charge in [0.15, 0.2) is 5.78 Å². The molecule has 0 spiro atoms. The number of carbonyl (C=O) groups excluding carboxylic acids is 1. The van der Waals surface area contributed by atoms with Gasteiger partial charge in [-0.15, -0.1) is 0 Å². The Morgan fingerprint density at radius 2 is 1.71 bits per heavy atom. The van der Waals surface area contributed by atoms with E-state index in [0.717, 1.165) is 27.8 Å². The molecule has 0 aliphatic rings. The molecule has 1 atom stereocenters. The minimum Gasteiger partial charge on any atom is -0.292 e. The minimum atomic E-state index is -0.746. The highest BCUT2D eigenvalue weighted by Gasteiger charge is 2.23. The number of hydrogen-bond acceptors (Lipinski definition) is 2. The molecule has 0 heterocycles. The van der Waals surface area contributed by atoms with Crippen molar-refractivity contribution in [1.29, 1.82) is 5.26 Å². The van der Waals surface area contributed by atoms with Crippen LogP contribution in [0.15, 0.2) is 36.4 Å². The number of rotatable bonds is 3. The third kappa shape index (κ3) is 2.87. The SMILES string of the molecule is Cc1ccc(C(C#N)C(=O)c2cccc(C)c2C)cc1C. The van der Waals surface area contributed by atoms with Crippen LogP contribution in [0.25, 0.3) is 0 Å². The molecule has 0 aromatic heterocycles. The van der Waals surface area contributed by atoms with Crippen molar-refractivity contribution < 1.29 is 4.79 Å². The van der Waals surface area contributed by atoms with E-state index in [2.05, 4.69) is 6.07 Å². The molecular formula is C19H19NO. The molecule has 0 saturated heterocycles. The van der Waals surface area contributed by atoms with Gasteiger partial charge in [0.1, 0.15) is 5.92 Å². The molecule has 0 aliphatic carbocycles. The molecule has 0 N–H and O–H groups in total. The van der Waals surface area contributed by atoms with E-state index < -0.39 is 5.92 Å². The third-order valence-corrected chi connectivity index (χ3v) is 4.13. The van der Waals surface area contributed by atoms with E-state index in [4.69, 9.17) is 0 Å². The number of nitrogens with zero attached hydrogens (tertiary/aromatic N) is 1. The van der Waals surface area contributed by atoms with Gasteiger partial charge in [0, 0.05) is 5.56 Å². The van der Waals surface area contributed by atoms with Crippen molar-refractivity contribution in [3.05, 3.63) is 69.8 Å². The van der Waals surface area contributed by atoms with E-state index >= 15 is 0 Å². The van der Waals surface area contributed by atoms with Crippen molar-refractivity contribution in [3.63, 3.8) is 0 Å². The molecule has 2 rings (SSSR count). The van der Waals surface area contributed by atoms with Gasteiger partial charge < -0.3 is 0 Å².